The van der Waals surface area contributed by atoms with Gasteiger partial charge in [-0.25, -0.2) is 9.40 Å². The number of fused-ring (bicyclic) bond motifs is 3. The van der Waals surface area contributed by atoms with Crippen molar-refractivity contribution in [2.45, 2.75) is 25.6 Å². The first-order valence-corrected chi connectivity index (χ1v) is 9.13. The maximum atomic E-state index is 14.5. The van der Waals surface area contributed by atoms with Crippen LogP contribution in [0.5, 0.6) is 5.75 Å². The minimum Gasteiger partial charge on any atom is -0.464 e. The molecule has 134 valence electrons. The van der Waals surface area contributed by atoms with Crippen molar-refractivity contribution in [2.24, 2.45) is 5.10 Å². The summed E-state index contributed by atoms with van der Waals surface area (Å²) in [5, 5.41) is 6.78. The average Bonchev–Trinajstić information content (AvgIpc) is 3.14. The van der Waals surface area contributed by atoms with Crippen molar-refractivity contribution < 1.29 is 9.13 Å². The second-order valence-corrected chi connectivity index (χ2v) is 7.04. The van der Waals surface area contributed by atoms with Gasteiger partial charge in [0.05, 0.1) is 17.3 Å². The van der Waals surface area contributed by atoms with Gasteiger partial charge in [0, 0.05) is 12.0 Å². The van der Waals surface area contributed by atoms with Crippen molar-refractivity contribution in [3.63, 3.8) is 0 Å². The predicted molar refractivity (Wildman–Crippen MR) is 103 cm³/mol. The van der Waals surface area contributed by atoms with Crippen LogP contribution in [0.2, 0.25) is 0 Å². The van der Waals surface area contributed by atoms with Crippen LogP contribution < -0.4 is 4.74 Å². The Kier molecular flexibility index (Phi) is 3.71. The Morgan fingerprint density at radius 1 is 0.926 bits per heavy atom. The summed E-state index contributed by atoms with van der Waals surface area (Å²) in [6, 6.07) is 23.1. The second kappa shape index (κ2) is 6.23. The number of rotatable bonds is 2. The Balaban J connectivity index is 1.61. The van der Waals surface area contributed by atoms with Gasteiger partial charge in [-0.3, -0.25) is 0 Å². The molecule has 27 heavy (non-hydrogen) atoms. The van der Waals surface area contributed by atoms with Gasteiger partial charge in [0.2, 0.25) is 6.23 Å². The summed E-state index contributed by atoms with van der Waals surface area (Å²) in [5.41, 5.74) is 4.91. The van der Waals surface area contributed by atoms with Gasteiger partial charge in [0.15, 0.2) is 0 Å². The van der Waals surface area contributed by atoms with Gasteiger partial charge in [-0.2, -0.15) is 5.10 Å². The molecule has 0 saturated carbocycles. The van der Waals surface area contributed by atoms with Crippen LogP contribution in [0.3, 0.4) is 0 Å². The van der Waals surface area contributed by atoms with E-state index in [1.54, 1.807) is 12.1 Å². The maximum absolute atomic E-state index is 14.5. The van der Waals surface area contributed by atoms with Crippen molar-refractivity contribution in [3.05, 3.63) is 101 Å². The summed E-state index contributed by atoms with van der Waals surface area (Å²) in [6.45, 7) is 2.07. The highest BCUT2D eigenvalue weighted by molar-refractivity contribution is 6.02. The van der Waals surface area contributed by atoms with E-state index >= 15 is 0 Å². The minimum absolute atomic E-state index is 0.0378. The summed E-state index contributed by atoms with van der Waals surface area (Å²) in [6.07, 6.45) is 0.197. The largest absolute Gasteiger partial charge is 0.464 e. The molecular weight excluding hydrogens is 339 g/mol. The summed E-state index contributed by atoms with van der Waals surface area (Å²) < 4.78 is 20.7. The summed E-state index contributed by atoms with van der Waals surface area (Å²) >= 11 is 0. The number of benzene rings is 3. The molecule has 0 fully saturated rings. The molecule has 2 atom stereocenters. The number of nitrogens with zero attached hydrogens (tertiary/aromatic N) is 2. The molecule has 0 saturated heterocycles. The molecule has 2 heterocycles. The lowest BCUT2D eigenvalue weighted by atomic mass is 9.95. The Hall–Kier alpha value is -3.14. The molecule has 5 rings (SSSR count). The smallest absolute Gasteiger partial charge is 0.216 e. The van der Waals surface area contributed by atoms with E-state index in [9.17, 15) is 4.39 Å². The molecule has 0 bridgehead atoms. The average molecular weight is 358 g/mol. The van der Waals surface area contributed by atoms with E-state index in [0.717, 1.165) is 29.0 Å². The molecule has 2 aliphatic heterocycles. The number of aryl methyl sites for hydroxylation is 1. The molecule has 0 aromatic heterocycles. The topological polar surface area (TPSA) is 24.8 Å². The van der Waals surface area contributed by atoms with E-state index in [1.807, 2.05) is 29.3 Å². The zero-order valence-electron chi connectivity index (χ0n) is 15.0. The third-order valence-corrected chi connectivity index (χ3v) is 5.26. The third kappa shape index (κ3) is 2.69. The van der Waals surface area contributed by atoms with Crippen LogP contribution in [0, 0.1) is 12.7 Å². The second-order valence-electron chi connectivity index (χ2n) is 7.04. The number of hydrogen-bond acceptors (Lipinski definition) is 3. The minimum atomic E-state index is -0.575. The molecule has 4 heteroatoms. The summed E-state index contributed by atoms with van der Waals surface area (Å²) in [4.78, 5) is 0. The first kappa shape index (κ1) is 16.1. The first-order chi connectivity index (χ1) is 13.2. The zero-order valence-corrected chi connectivity index (χ0v) is 15.0. The number of halogens is 1. The molecule has 0 amide bonds. The SMILES string of the molecule is Cc1ccc(C2=NN3[C@@H](C2)c2ccccc2O[C@H]3c2ccccc2F)cc1. The van der Waals surface area contributed by atoms with Gasteiger partial charge in [-0.15, -0.1) is 0 Å². The Labute approximate surface area is 157 Å². The monoisotopic (exact) mass is 358 g/mol. The number of hydrazone groups is 1. The van der Waals surface area contributed by atoms with Crippen LogP contribution in [0.15, 0.2) is 77.9 Å². The van der Waals surface area contributed by atoms with Crippen molar-refractivity contribution in [2.75, 3.05) is 0 Å². The molecule has 2 aliphatic rings. The van der Waals surface area contributed by atoms with Crippen molar-refractivity contribution in [3.8, 4) is 5.75 Å². The quantitative estimate of drug-likeness (QED) is 0.615. The van der Waals surface area contributed by atoms with E-state index in [4.69, 9.17) is 9.84 Å². The van der Waals surface area contributed by atoms with Gasteiger partial charge in [-0.1, -0.05) is 66.2 Å². The fraction of sp³-hybridized carbons (Fsp3) is 0.174. The van der Waals surface area contributed by atoms with Gasteiger partial charge in [-0.05, 0) is 24.6 Å². The highest BCUT2D eigenvalue weighted by atomic mass is 19.1. The highest BCUT2D eigenvalue weighted by Gasteiger charge is 2.41. The van der Waals surface area contributed by atoms with E-state index in [-0.39, 0.29) is 11.9 Å². The Bertz CT molecular complexity index is 1030. The fourth-order valence-corrected chi connectivity index (χ4v) is 3.84. The van der Waals surface area contributed by atoms with Gasteiger partial charge >= 0.3 is 0 Å². The van der Waals surface area contributed by atoms with Gasteiger partial charge in [0.25, 0.3) is 0 Å². The van der Waals surface area contributed by atoms with E-state index in [1.165, 1.54) is 11.6 Å². The van der Waals surface area contributed by atoms with E-state index in [2.05, 4.69) is 37.3 Å². The Morgan fingerprint density at radius 2 is 1.63 bits per heavy atom. The lowest BCUT2D eigenvalue weighted by Crippen LogP contribution is -2.34. The van der Waals surface area contributed by atoms with Crippen molar-refractivity contribution >= 4 is 5.71 Å². The normalized spacial score (nSPS) is 20.5. The lowest BCUT2D eigenvalue weighted by Gasteiger charge is -2.38. The highest BCUT2D eigenvalue weighted by Crippen LogP contribution is 2.47. The molecule has 0 radical (unpaired) electrons. The standard InChI is InChI=1S/C23H19FN2O/c1-15-10-12-16(13-11-15)20-14-21-18-7-3-5-9-22(18)27-23(26(21)25-20)17-6-2-4-8-19(17)24/h2-13,21,23H,14H2,1H3/t21-,23-/m0/s1. The molecule has 0 N–H and O–H groups in total. The fourth-order valence-electron chi connectivity index (χ4n) is 3.84. The number of para-hydroxylation sites is 1. The van der Waals surface area contributed by atoms with Gasteiger partial charge < -0.3 is 4.74 Å². The van der Waals surface area contributed by atoms with Crippen LogP contribution in [-0.4, -0.2) is 10.7 Å². The number of ether oxygens (including phenoxy) is 1. The maximum Gasteiger partial charge on any atom is 0.216 e. The first-order valence-electron chi connectivity index (χ1n) is 9.13. The van der Waals surface area contributed by atoms with Crippen LogP contribution >= 0.6 is 0 Å². The van der Waals surface area contributed by atoms with E-state index < -0.39 is 6.23 Å². The van der Waals surface area contributed by atoms with Crippen LogP contribution in [0.25, 0.3) is 0 Å². The van der Waals surface area contributed by atoms with Crippen molar-refractivity contribution in [1.82, 2.24) is 5.01 Å². The van der Waals surface area contributed by atoms with Crippen LogP contribution in [0.4, 0.5) is 4.39 Å². The summed E-state index contributed by atoms with van der Waals surface area (Å²) in [5.74, 6) is 0.520. The molecule has 3 nitrogen and oxygen atoms in total. The molecular formula is C23H19FN2O. The molecule has 0 unspecified atom stereocenters. The van der Waals surface area contributed by atoms with E-state index in [0.29, 0.717) is 5.56 Å². The van der Waals surface area contributed by atoms with Crippen LogP contribution in [0.1, 0.15) is 40.9 Å². The summed E-state index contributed by atoms with van der Waals surface area (Å²) in [7, 11) is 0. The predicted octanol–water partition coefficient (Wildman–Crippen LogP) is 5.38. The van der Waals surface area contributed by atoms with Crippen LogP contribution in [-0.2, 0) is 0 Å². The van der Waals surface area contributed by atoms with Gasteiger partial charge in [0.1, 0.15) is 11.6 Å². The third-order valence-electron chi connectivity index (χ3n) is 5.26. The molecule has 0 aliphatic carbocycles. The molecule has 0 spiro atoms. The van der Waals surface area contributed by atoms with Crippen molar-refractivity contribution in [1.29, 1.82) is 0 Å². The molecule has 3 aromatic rings. The number of hydrogen-bond donors (Lipinski definition) is 0. The lowest BCUT2D eigenvalue weighted by molar-refractivity contribution is -0.0212. The molecule has 3 aromatic carbocycles. The zero-order chi connectivity index (χ0) is 18.4. The Morgan fingerprint density at radius 3 is 2.41 bits per heavy atom.